The number of aromatic nitrogens is 4. The largest absolute Gasteiger partial charge is 0.286 e. The van der Waals surface area contributed by atoms with Crippen LogP contribution in [0.15, 0.2) is 60.8 Å². The van der Waals surface area contributed by atoms with Crippen LogP contribution < -0.4 is 4.90 Å². The number of carbonyl (C=O) groups is 1. The Labute approximate surface area is 142 Å². The smallest absolute Gasteiger partial charge is 0.281 e. The number of benzene rings is 2. The van der Waals surface area contributed by atoms with Gasteiger partial charge in [-0.15, -0.1) is 5.10 Å². The third kappa shape index (κ3) is 2.55. The highest BCUT2D eigenvalue weighted by molar-refractivity contribution is 7.22. The molecule has 2 aromatic heterocycles. The average Bonchev–Trinajstić information content (AvgIpc) is 3.28. The molecule has 0 aliphatic heterocycles. The van der Waals surface area contributed by atoms with E-state index >= 15 is 0 Å². The normalized spacial score (nSPS) is 10.9. The molecule has 0 aliphatic rings. The number of anilines is 1. The summed E-state index contributed by atoms with van der Waals surface area (Å²) in [6, 6.07) is 17.3. The molecule has 4 aromatic rings. The van der Waals surface area contributed by atoms with E-state index in [4.69, 9.17) is 0 Å². The van der Waals surface area contributed by atoms with Gasteiger partial charge in [-0.3, -0.25) is 9.69 Å². The molecule has 4 rings (SSSR count). The highest BCUT2D eigenvalue weighted by Crippen LogP contribution is 2.28. The lowest BCUT2D eigenvalue weighted by molar-refractivity contribution is 0.0988. The number of amides is 1. The molecule has 0 fully saturated rings. The Bertz CT molecular complexity index is 975. The van der Waals surface area contributed by atoms with Crippen LogP contribution in [0.3, 0.4) is 0 Å². The van der Waals surface area contributed by atoms with E-state index < -0.39 is 0 Å². The van der Waals surface area contributed by atoms with Crippen LogP contribution in [0, 0.1) is 0 Å². The topological polar surface area (TPSA) is 63.9 Å². The van der Waals surface area contributed by atoms with Crippen molar-refractivity contribution in [3.63, 3.8) is 0 Å². The molecular formula is C17H13N5OS. The van der Waals surface area contributed by atoms with E-state index in [9.17, 15) is 4.79 Å². The van der Waals surface area contributed by atoms with E-state index in [2.05, 4.69) is 15.2 Å². The number of fused-ring (bicyclic) bond motifs is 1. The molecule has 2 aromatic carbocycles. The van der Waals surface area contributed by atoms with Gasteiger partial charge in [0.1, 0.15) is 0 Å². The Morgan fingerprint density at radius 2 is 1.83 bits per heavy atom. The summed E-state index contributed by atoms with van der Waals surface area (Å²) < 4.78 is 1.04. The molecule has 0 spiro atoms. The molecule has 0 unspecified atom stereocenters. The van der Waals surface area contributed by atoms with Crippen molar-refractivity contribution in [1.29, 1.82) is 0 Å². The molecule has 1 amide bonds. The van der Waals surface area contributed by atoms with Crippen LogP contribution in [0.4, 0.5) is 5.13 Å². The van der Waals surface area contributed by atoms with Crippen molar-refractivity contribution < 1.29 is 4.79 Å². The minimum atomic E-state index is -0.240. The van der Waals surface area contributed by atoms with Crippen LogP contribution in [0.5, 0.6) is 0 Å². The van der Waals surface area contributed by atoms with Crippen molar-refractivity contribution >= 4 is 32.6 Å². The Morgan fingerprint density at radius 3 is 2.62 bits per heavy atom. The van der Waals surface area contributed by atoms with Crippen LogP contribution in [-0.4, -0.2) is 32.9 Å². The molecule has 2 heterocycles. The maximum atomic E-state index is 12.6. The number of hydrogen-bond donors (Lipinski definition) is 0. The SMILES string of the molecule is CN(C(=O)c1cnn(-c2ccccc2)n1)c1nc2ccccc2s1. The molecular weight excluding hydrogens is 322 g/mol. The van der Waals surface area contributed by atoms with Crippen molar-refractivity contribution in [2.45, 2.75) is 0 Å². The summed E-state index contributed by atoms with van der Waals surface area (Å²) in [5.41, 5.74) is 1.96. The van der Waals surface area contributed by atoms with Crippen molar-refractivity contribution in [2.24, 2.45) is 0 Å². The summed E-state index contributed by atoms with van der Waals surface area (Å²) in [6.45, 7) is 0. The number of carbonyl (C=O) groups excluding carboxylic acids is 1. The summed E-state index contributed by atoms with van der Waals surface area (Å²) in [5, 5.41) is 9.07. The first kappa shape index (κ1) is 14.5. The zero-order chi connectivity index (χ0) is 16.5. The number of thiazole rings is 1. The zero-order valence-electron chi connectivity index (χ0n) is 12.8. The van der Waals surface area contributed by atoms with Crippen LogP contribution in [0.2, 0.25) is 0 Å². The Balaban J connectivity index is 1.62. The van der Waals surface area contributed by atoms with E-state index in [-0.39, 0.29) is 11.6 Å². The van der Waals surface area contributed by atoms with E-state index in [1.165, 1.54) is 27.2 Å². The van der Waals surface area contributed by atoms with Crippen LogP contribution >= 0.6 is 11.3 Å². The van der Waals surface area contributed by atoms with Gasteiger partial charge >= 0.3 is 0 Å². The lowest BCUT2D eigenvalue weighted by atomic mass is 10.3. The van der Waals surface area contributed by atoms with Crippen LogP contribution in [-0.2, 0) is 0 Å². The maximum absolute atomic E-state index is 12.6. The van der Waals surface area contributed by atoms with E-state index in [1.807, 2.05) is 54.6 Å². The second-order valence-electron chi connectivity index (χ2n) is 5.18. The molecule has 0 radical (unpaired) electrons. The fourth-order valence-corrected chi connectivity index (χ4v) is 3.23. The fraction of sp³-hybridized carbons (Fsp3) is 0.0588. The third-order valence-corrected chi connectivity index (χ3v) is 4.69. The Morgan fingerprint density at radius 1 is 1.08 bits per heavy atom. The predicted octanol–water partition coefficient (Wildman–Crippen LogP) is 3.15. The molecule has 0 aliphatic carbocycles. The van der Waals surface area contributed by atoms with E-state index in [1.54, 1.807) is 7.05 Å². The highest BCUT2D eigenvalue weighted by Gasteiger charge is 2.20. The van der Waals surface area contributed by atoms with Gasteiger partial charge in [0.25, 0.3) is 5.91 Å². The molecule has 0 saturated carbocycles. The van der Waals surface area contributed by atoms with Crippen molar-refractivity contribution in [3.8, 4) is 5.69 Å². The highest BCUT2D eigenvalue weighted by atomic mass is 32.1. The van der Waals surface area contributed by atoms with Gasteiger partial charge in [0.15, 0.2) is 10.8 Å². The first-order chi connectivity index (χ1) is 11.7. The fourth-order valence-electron chi connectivity index (χ4n) is 2.31. The lowest BCUT2D eigenvalue weighted by Gasteiger charge is -2.11. The third-order valence-electron chi connectivity index (χ3n) is 3.57. The minimum absolute atomic E-state index is 0.240. The number of nitrogens with zero attached hydrogens (tertiary/aromatic N) is 5. The van der Waals surface area contributed by atoms with Gasteiger partial charge in [0, 0.05) is 7.05 Å². The van der Waals surface area contributed by atoms with Gasteiger partial charge in [-0.2, -0.15) is 9.90 Å². The van der Waals surface area contributed by atoms with Gasteiger partial charge < -0.3 is 0 Å². The van der Waals surface area contributed by atoms with Crippen molar-refractivity contribution in [3.05, 3.63) is 66.5 Å². The van der Waals surface area contributed by atoms with Gasteiger partial charge in [0.2, 0.25) is 0 Å². The molecule has 0 bridgehead atoms. The van der Waals surface area contributed by atoms with Crippen LogP contribution in [0.25, 0.3) is 15.9 Å². The standard InChI is InChI=1S/C17H13N5OS/c1-21(17-19-13-9-5-6-10-15(13)24-17)16(23)14-11-18-22(20-14)12-7-3-2-4-8-12/h2-11H,1H3. The zero-order valence-corrected chi connectivity index (χ0v) is 13.6. The summed E-state index contributed by atoms with van der Waals surface area (Å²) in [5.74, 6) is -0.240. The number of rotatable bonds is 3. The quantitative estimate of drug-likeness (QED) is 0.577. The average molecular weight is 335 g/mol. The molecule has 7 heteroatoms. The minimum Gasteiger partial charge on any atom is -0.286 e. The summed E-state index contributed by atoms with van der Waals surface area (Å²) in [6.07, 6.45) is 1.47. The lowest BCUT2D eigenvalue weighted by Crippen LogP contribution is -2.26. The molecule has 118 valence electrons. The van der Waals surface area contributed by atoms with Gasteiger partial charge in [-0.25, -0.2) is 4.98 Å². The molecule has 0 N–H and O–H groups in total. The predicted molar refractivity (Wildman–Crippen MR) is 93.7 cm³/mol. The Hall–Kier alpha value is -3.06. The van der Waals surface area contributed by atoms with Gasteiger partial charge in [0.05, 0.1) is 22.1 Å². The first-order valence-corrected chi connectivity index (χ1v) is 8.15. The molecule has 24 heavy (non-hydrogen) atoms. The van der Waals surface area contributed by atoms with Crippen molar-refractivity contribution in [1.82, 2.24) is 20.0 Å². The van der Waals surface area contributed by atoms with E-state index in [0.717, 1.165) is 15.9 Å². The molecule has 0 atom stereocenters. The van der Waals surface area contributed by atoms with Crippen LogP contribution in [0.1, 0.15) is 10.5 Å². The molecule has 6 nitrogen and oxygen atoms in total. The summed E-state index contributed by atoms with van der Waals surface area (Å²) in [7, 11) is 1.70. The summed E-state index contributed by atoms with van der Waals surface area (Å²) >= 11 is 1.47. The van der Waals surface area contributed by atoms with Crippen molar-refractivity contribution in [2.75, 3.05) is 11.9 Å². The monoisotopic (exact) mass is 335 g/mol. The number of hydrogen-bond acceptors (Lipinski definition) is 5. The molecule has 0 saturated heterocycles. The number of para-hydroxylation sites is 2. The van der Waals surface area contributed by atoms with E-state index in [0.29, 0.717) is 5.13 Å². The second kappa shape index (κ2) is 5.86. The second-order valence-corrected chi connectivity index (χ2v) is 6.19. The summed E-state index contributed by atoms with van der Waals surface area (Å²) in [4.78, 5) is 20.1. The van der Waals surface area contributed by atoms with Gasteiger partial charge in [-0.1, -0.05) is 41.7 Å². The first-order valence-electron chi connectivity index (χ1n) is 7.34. The maximum Gasteiger partial charge on any atom is 0.281 e. The Kier molecular flexibility index (Phi) is 3.55. The van der Waals surface area contributed by atoms with Gasteiger partial charge in [-0.05, 0) is 24.3 Å².